The predicted octanol–water partition coefficient (Wildman–Crippen LogP) is 1.26. The van der Waals surface area contributed by atoms with Crippen molar-refractivity contribution >= 4 is 15.7 Å². The van der Waals surface area contributed by atoms with Crippen molar-refractivity contribution in [3.8, 4) is 0 Å². The average Bonchev–Trinajstić information content (AvgIpc) is 2.36. The van der Waals surface area contributed by atoms with E-state index in [1.807, 2.05) is 0 Å². The van der Waals surface area contributed by atoms with Gasteiger partial charge in [0.05, 0.1) is 5.69 Å². The Morgan fingerprint density at radius 1 is 1.19 bits per heavy atom. The lowest BCUT2D eigenvalue weighted by Gasteiger charge is -2.28. The first kappa shape index (κ1) is 17.7. The van der Waals surface area contributed by atoms with Gasteiger partial charge in [-0.15, -0.1) is 0 Å². The molecule has 0 radical (unpaired) electrons. The predicted molar refractivity (Wildman–Crippen MR) is 74.6 cm³/mol. The van der Waals surface area contributed by atoms with Gasteiger partial charge in [0.15, 0.2) is 0 Å². The Morgan fingerprint density at radius 2 is 1.76 bits per heavy atom. The molecule has 5 nitrogen and oxygen atoms in total. The van der Waals surface area contributed by atoms with Gasteiger partial charge >= 0.3 is 6.18 Å². The van der Waals surface area contributed by atoms with Crippen LogP contribution in [-0.2, 0) is 10.0 Å². The Bertz CT molecular complexity index is 573. The molecule has 0 aliphatic heterocycles. The van der Waals surface area contributed by atoms with Gasteiger partial charge in [-0.2, -0.15) is 13.2 Å². The van der Waals surface area contributed by atoms with Crippen molar-refractivity contribution in [1.29, 1.82) is 0 Å². The minimum absolute atomic E-state index is 0.00558. The molecule has 0 fully saturated rings. The minimum Gasteiger partial charge on any atom is -0.360 e. The van der Waals surface area contributed by atoms with Crippen LogP contribution in [0.1, 0.15) is 0 Å². The second-order valence-corrected chi connectivity index (χ2v) is 6.70. The fraction of sp³-hybridized carbons (Fsp3) is 0.500. The molecule has 120 valence electrons. The van der Waals surface area contributed by atoms with Crippen LogP contribution in [0.4, 0.5) is 18.9 Å². The van der Waals surface area contributed by atoms with Crippen LogP contribution in [0, 0.1) is 0 Å². The number of nitrogens with two attached hydrogens (primary N) is 1. The second-order valence-electron chi connectivity index (χ2n) is 4.58. The number of hydrogen-bond acceptors (Lipinski definition) is 4. The van der Waals surface area contributed by atoms with E-state index in [9.17, 15) is 21.6 Å². The first-order chi connectivity index (χ1) is 9.59. The molecule has 0 atom stereocenters. The highest BCUT2D eigenvalue weighted by Gasteiger charge is 2.33. The molecule has 0 amide bonds. The third kappa shape index (κ3) is 4.58. The summed E-state index contributed by atoms with van der Waals surface area (Å²) in [7, 11) is -1.20. The molecule has 2 N–H and O–H groups in total. The number of benzene rings is 1. The van der Waals surface area contributed by atoms with Crippen molar-refractivity contribution < 1.29 is 21.6 Å². The lowest BCUT2D eigenvalue weighted by atomic mass is 10.2. The van der Waals surface area contributed by atoms with Gasteiger partial charge in [0.2, 0.25) is 10.0 Å². The van der Waals surface area contributed by atoms with Crippen molar-refractivity contribution in [3.05, 3.63) is 24.3 Å². The third-order valence-corrected chi connectivity index (χ3v) is 4.60. The summed E-state index contributed by atoms with van der Waals surface area (Å²) in [5.41, 5.74) is 5.33. The Balaban J connectivity index is 3.33. The Morgan fingerprint density at radius 3 is 2.24 bits per heavy atom. The Labute approximate surface area is 122 Å². The molecular weight excluding hydrogens is 307 g/mol. The molecule has 0 saturated heterocycles. The van der Waals surface area contributed by atoms with Gasteiger partial charge in [-0.05, 0) is 12.1 Å². The molecule has 0 bridgehead atoms. The topological polar surface area (TPSA) is 66.6 Å². The summed E-state index contributed by atoms with van der Waals surface area (Å²) in [6, 6.07) is 5.58. The Hall–Kier alpha value is -1.32. The van der Waals surface area contributed by atoms with Crippen LogP contribution in [0.25, 0.3) is 0 Å². The fourth-order valence-electron chi connectivity index (χ4n) is 1.79. The number of rotatable bonds is 6. The molecule has 1 aromatic carbocycles. The molecule has 1 rings (SSSR count). The van der Waals surface area contributed by atoms with Gasteiger partial charge in [-0.25, -0.2) is 12.7 Å². The maximum Gasteiger partial charge on any atom is 0.405 e. The first-order valence-electron chi connectivity index (χ1n) is 6.13. The molecule has 0 heterocycles. The van der Waals surface area contributed by atoms with Crippen LogP contribution < -0.4 is 10.6 Å². The van der Waals surface area contributed by atoms with Crippen LogP contribution in [0.3, 0.4) is 0 Å². The summed E-state index contributed by atoms with van der Waals surface area (Å²) in [5, 5.41) is 0. The Kier molecular flexibility index (Phi) is 5.60. The van der Waals surface area contributed by atoms with E-state index in [4.69, 9.17) is 5.73 Å². The number of hydrogen-bond donors (Lipinski definition) is 1. The largest absolute Gasteiger partial charge is 0.405 e. The highest BCUT2D eigenvalue weighted by molar-refractivity contribution is 7.89. The van der Waals surface area contributed by atoms with Crippen LogP contribution >= 0.6 is 0 Å². The van der Waals surface area contributed by atoms with Crippen LogP contribution in [0.2, 0.25) is 0 Å². The highest BCUT2D eigenvalue weighted by atomic mass is 32.2. The van der Waals surface area contributed by atoms with Gasteiger partial charge in [0.25, 0.3) is 0 Å². The highest BCUT2D eigenvalue weighted by Crippen LogP contribution is 2.29. The van der Waals surface area contributed by atoms with Gasteiger partial charge in [0, 0.05) is 27.2 Å². The van der Waals surface area contributed by atoms with E-state index in [1.165, 1.54) is 38.4 Å². The van der Waals surface area contributed by atoms with Gasteiger partial charge < -0.3 is 10.6 Å². The molecule has 0 aromatic heterocycles. The zero-order valence-corrected chi connectivity index (χ0v) is 12.6. The summed E-state index contributed by atoms with van der Waals surface area (Å²) in [6.07, 6.45) is -4.45. The van der Waals surface area contributed by atoms with Crippen molar-refractivity contribution in [1.82, 2.24) is 4.31 Å². The van der Waals surface area contributed by atoms with Gasteiger partial charge in [-0.1, -0.05) is 12.1 Å². The summed E-state index contributed by atoms with van der Waals surface area (Å²) in [5.74, 6) is 0. The van der Waals surface area contributed by atoms with E-state index in [-0.39, 0.29) is 23.7 Å². The number of nitrogens with zero attached hydrogens (tertiary/aromatic N) is 2. The molecule has 1 aromatic rings. The van der Waals surface area contributed by atoms with Crippen molar-refractivity contribution in [2.45, 2.75) is 11.1 Å². The van der Waals surface area contributed by atoms with E-state index in [2.05, 4.69) is 0 Å². The first-order valence-corrected chi connectivity index (χ1v) is 7.57. The second kappa shape index (κ2) is 6.63. The quantitative estimate of drug-likeness (QED) is 0.855. The maximum atomic E-state index is 12.7. The van der Waals surface area contributed by atoms with Crippen molar-refractivity contribution in [3.63, 3.8) is 0 Å². The van der Waals surface area contributed by atoms with Crippen LogP contribution in [0.5, 0.6) is 0 Å². The van der Waals surface area contributed by atoms with Crippen LogP contribution in [0.15, 0.2) is 29.2 Å². The van der Waals surface area contributed by atoms with Gasteiger partial charge in [-0.3, -0.25) is 0 Å². The molecule has 9 heteroatoms. The van der Waals surface area contributed by atoms with Crippen molar-refractivity contribution in [2.75, 3.05) is 38.6 Å². The average molecular weight is 325 g/mol. The number of halogens is 3. The minimum atomic E-state index is -4.45. The summed E-state index contributed by atoms with van der Waals surface area (Å²) < 4.78 is 63.4. The number of anilines is 1. The summed E-state index contributed by atoms with van der Waals surface area (Å²) in [6.45, 7) is -1.38. The molecule has 0 aliphatic rings. The van der Waals surface area contributed by atoms with E-state index in [0.29, 0.717) is 0 Å². The SMILES string of the molecule is CN(C)S(=O)(=O)c1ccccc1N(CCN)CC(F)(F)F. The standard InChI is InChI=1S/C12H18F3N3O2S/c1-17(2)21(19,20)11-6-4-3-5-10(11)18(8-7-16)9-12(13,14)15/h3-6H,7-9,16H2,1-2H3. The molecule has 21 heavy (non-hydrogen) atoms. The summed E-state index contributed by atoms with van der Waals surface area (Å²) >= 11 is 0. The summed E-state index contributed by atoms with van der Waals surface area (Å²) in [4.78, 5) is 0.754. The van der Waals surface area contributed by atoms with E-state index >= 15 is 0 Å². The van der Waals surface area contributed by atoms with E-state index in [1.54, 1.807) is 0 Å². The third-order valence-electron chi connectivity index (χ3n) is 2.73. The number of alkyl halides is 3. The van der Waals surface area contributed by atoms with Gasteiger partial charge in [0.1, 0.15) is 11.4 Å². The molecule has 0 unspecified atom stereocenters. The van der Waals surface area contributed by atoms with Crippen molar-refractivity contribution in [2.24, 2.45) is 5.73 Å². The monoisotopic (exact) mass is 325 g/mol. The maximum absolute atomic E-state index is 12.7. The van der Waals surface area contributed by atoms with Crippen LogP contribution in [-0.4, -0.2) is 52.6 Å². The zero-order valence-electron chi connectivity index (χ0n) is 11.8. The molecule has 0 spiro atoms. The normalized spacial score (nSPS) is 12.7. The zero-order chi connectivity index (χ0) is 16.3. The molecule has 0 saturated carbocycles. The lowest BCUT2D eigenvalue weighted by molar-refractivity contribution is -0.119. The lowest BCUT2D eigenvalue weighted by Crippen LogP contribution is -2.39. The fourth-order valence-corrected chi connectivity index (χ4v) is 2.90. The number of sulfonamides is 1. The van der Waals surface area contributed by atoms with E-state index in [0.717, 1.165) is 9.21 Å². The smallest absolute Gasteiger partial charge is 0.360 e. The molecular formula is C12H18F3N3O2S. The van der Waals surface area contributed by atoms with E-state index < -0.39 is 22.7 Å². The molecule has 0 aliphatic carbocycles. The number of para-hydroxylation sites is 1.